The van der Waals surface area contributed by atoms with E-state index in [2.05, 4.69) is 10.6 Å². The Morgan fingerprint density at radius 2 is 2.16 bits per heavy atom. The number of nitrogens with two attached hydrogens (primary N) is 1. The molecule has 0 saturated carbocycles. The molecule has 1 unspecified atom stereocenters. The Bertz CT molecular complexity index is 515. The lowest BCUT2D eigenvalue weighted by Gasteiger charge is -2.31. The van der Waals surface area contributed by atoms with Gasteiger partial charge in [-0.2, -0.15) is 0 Å². The molecule has 2 amide bonds. The summed E-state index contributed by atoms with van der Waals surface area (Å²) in [5.41, 5.74) is 5.94. The highest BCUT2D eigenvalue weighted by molar-refractivity contribution is 6.33. The first-order chi connectivity index (χ1) is 8.99. The van der Waals surface area contributed by atoms with Gasteiger partial charge in [0.2, 0.25) is 11.8 Å². The Hall–Kier alpha value is -1.59. The number of hydrogen-bond donors (Lipinski definition) is 3. The minimum atomic E-state index is -0.552. The summed E-state index contributed by atoms with van der Waals surface area (Å²) in [4.78, 5) is 23.2. The van der Waals surface area contributed by atoms with Gasteiger partial charge < -0.3 is 16.4 Å². The molecule has 2 rings (SSSR count). The largest absolute Gasteiger partial charge is 0.366 e. The maximum atomic E-state index is 12.1. The molecule has 4 N–H and O–H groups in total. The monoisotopic (exact) mass is 281 g/mol. The molecule has 0 radical (unpaired) electrons. The van der Waals surface area contributed by atoms with Crippen molar-refractivity contribution in [2.45, 2.75) is 6.92 Å². The third kappa shape index (κ3) is 3.05. The number of carbonyl (C=O) groups excluding carboxylic acids is 2. The zero-order chi connectivity index (χ0) is 14.0. The number of primary amides is 1. The van der Waals surface area contributed by atoms with Crippen LogP contribution >= 0.6 is 11.6 Å². The van der Waals surface area contributed by atoms with E-state index in [0.29, 0.717) is 22.2 Å². The van der Waals surface area contributed by atoms with Gasteiger partial charge in [0.15, 0.2) is 0 Å². The Kier molecular flexibility index (Phi) is 4.07. The van der Waals surface area contributed by atoms with Crippen molar-refractivity contribution in [3.8, 4) is 0 Å². The zero-order valence-corrected chi connectivity index (χ0v) is 11.3. The SMILES string of the molecule is CC(C(=O)Nc1cc(C(N)=O)ccc1Cl)C1CNC1. The van der Waals surface area contributed by atoms with E-state index in [4.69, 9.17) is 17.3 Å². The summed E-state index contributed by atoms with van der Waals surface area (Å²) >= 11 is 6.00. The number of halogens is 1. The second kappa shape index (κ2) is 5.59. The van der Waals surface area contributed by atoms with Crippen molar-refractivity contribution < 1.29 is 9.59 Å². The average molecular weight is 282 g/mol. The number of rotatable bonds is 4. The third-order valence-corrected chi connectivity index (χ3v) is 3.77. The van der Waals surface area contributed by atoms with E-state index in [1.165, 1.54) is 12.1 Å². The summed E-state index contributed by atoms with van der Waals surface area (Å²) in [7, 11) is 0. The van der Waals surface area contributed by atoms with Crippen LogP contribution in [0.5, 0.6) is 0 Å². The number of benzene rings is 1. The van der Waals surface area contributed by atoms with E-state index in [-0.39, 0.29) is 11.8 Å². The van der Waals surface area contributed by atoms with Gasteiger partial charge in [-0.3, -0.25) is 9.59 Å². The molecule has 1 heterocycles. The highest BCUT2D eigenvalue weighted by Crippen LogP contribution is 2.25. The van der Waals surface area contributed by atoms with E-state index < -0.39 is 5.91 Å². The van der Waals surface area contributed by atoms with Crippen molar-refractivity contribution in [1.82, 2.24) is 5.32 Å². The summed E-state index contributed by atoms with van der Waals surface area (Å²) in [6.07, 6.45) is 0. The predicted molar refractivity (Wildman–Crippen MR) is 74.1 cm³/mol. The molecule has 19 heavy (non-hydrogen) atoms. The van der Waals surface area contributed by atoms with E-state index in [1.807, 2.05) is 6.92 Å². The maximum absolute atomic E-state index is 12.1. The van der Waals surface area contributed by atoms with Crippen LogP contribution in [0, 0.1) is 11.8 Å². The van der Waals surface area contributed by atoms with Gasteiger partial charge in [0.05, 0.1) is 10.7 Å². The Balaban J connectivity index is 2.11. The number of hydrogen-bond acceptors (Lipinski definition) is 3. The Labute approximate surface area is 116 Å². The highest BCUT2D eigenvalue weighted by Gasteiger charge is 2.29. The molecule has 1 aromatic carbocycles. The quantitative estimate of drug-likeness (QED) is 0.776. The third-order valence-electron chi connectivity index (χ3n) is 3.44. The van der Waals surface area contributed by atoms with E-state index in [9.17, 15) is 9.59 Å². The summed E-state index contributed by atoms with van der Waals surface area (Å²) < 4.78 is 0. The first-order valence-corrected chi connectivity index (χ1v) is 6.47. The molecule has 0 spiro atoms. The number of anilines is 1. The smallest absolute Gasteiger partial charge is 0.248 e. The van der Waals surface area contributed by atoms with Crippen molar-refractivity contribution in [3.05, 3.63) is 28.8 Å². The lowest BCUT2D eigenvalue weighted by molar-refractivity contribution is -0.121. The molecular weight excluding hydrogens is 266 g/mol. The molecule has 1 aromatic rings. The zero-order valence-electron chi connectivity index (χ0n) is 10.6. The van der Waals surface area contributed by atoms with Gasteiger partial charge in [-0.05, 0) is 37.2 Å². The summed E-state index contributed by atoms with van der Waals surface area (Å²) in [6, 6.07) is 4.57. The first-order valence-electron chi connectivity index (χ1n) is 6.10. The van der Waals surface area contributed by atoms with Crippen molar-refractivity contribution >= 4 is 29.1 Å². The van der Waals surface area contributed by atoms with Crippen molar-refractivity contribution in [3.63, 3.8) is 0 Å². The summed E-state index contributed by atoms with van der Waals surface area (Å²) in [5, 5.41) is 6.26. The fourth-order valence-electron chi connectivity index (χ4n) is 1.90. The molecule has 1 saturated heterocycles. The second-order valence-electron chi connectivity index (χ2n) is 4.76. The van der Waals surface area contributed by atoms with Crippen LogP contribution in [0.1, 0.15) is 17.3 Å². The fraction of sp³-hybridized carbons (Fsp3) is 0.385. The summed E-state index contributed by atoms with van der Waals surface area (Å²) in [5.74, 6) is -0.411. The normalized spacial score (nSPS) is 16.5. The van der Waals surface area contributed by atoms with Gasteiger partial charge in [-0.25, -0.2) is 0 Å². The molecule has 0 aromatic heterocycles. The van der Waals surface area contributed by atoms with Gasteiger partial charge in [-0.1, -0.05) is 18.5 Å². The molecule has 5 nitrogen and oxygen atoms in total. The molecule has 1 aliphatic heterocycles. The van der Waals surface area contributed by atoms with Crippen LogP contribution in [-0.2, 0) is 4.79 Å². The second-order valence-corrected chi connectivity index (χ2v) is 5.16. The van der Waals surface area contributed by atoms with Crippen molar-refractivity contribution in [2.75, 3.05) is 18.4 Å². The number of nitrogens with one attached hydrogen (secondary N) is 2. The molecule has 6 heteroatoms. The van der Waals surface area contributed by atoms with Crippen LogP contribution in [0.4, 0.5) is 5.69 Å². The molecule has 102 valence electrons. The Morgan fingerprint density at radius 3 is 2.68 bits per heavy atom. The van der Waals surface area contributed by atoms with Crippen LogP contribution < -0.4 is 16.4 Å². The average Bonchev–Trinajstić information content (AvgIpc) is 2.29. The topological polar surface area (TPSA) is 84.2 Å². The van der Waals surface area contributed by atoms with Gasteiger partial charge in [0.25, 0.3) is 0 Å². The van der Waals surface area contributed by atoms with Gasteiger partial charge in [0, 0.05) is 11.5 Å². The maximum Gasteiger partial charge on any atom is 0.248 e. The van der Waals surface area contributed by atoms with Crippen LogP contribution in [0.3, 0.4) is 0 Å². The van der Waals surface area contributed by atoms with E-state index in [0.717, 1.165) is 13.1 Å². The number of carbonyl (C=O) groups is 2. The van der Waals surface area contributed by atoms with Crippen LogP contribution in [0.2, 0.25) is 5.02 Å². The first kappa shape index (κ1) is 13.8. The molecule has 1 aliphatic rings. The van der Waals surface area contributed by atoms with E-state index >= 15 is 0 Å². The van der Waals surface area contributed by atoms with Crippen LogP contribution in [-0.4, -0.2) is 24.9 Å². The van der Waals surface area contributed by atoms with Crippen LogP contribution in [0.15, 0.2) is 18.2 Å². The van der Waals surface area contributed by atoms with Gasteiger partial charge in [-0.15, -0.1) is 0 Å². The lowest BCUT2D eigenvalue weighted by atomic mass is 9.88. The van der Waals surface area contributed by atoms with Crippen molar-refractivity contribution in [1.29, 1.82) is 0 Å². The standard InChI is InChI=1S/C13H16ClN3O2/c1-7(9-5-16-6-9)13(19)17-11-4-8(12(15)18)2-3-10(11)14/h2-4,7,9,16H,5-6H2,1H3,(H2,15,18)(H,17,19). The minimum absolute atomic E-state index is 0.102. The van der Waals surface area contributed by atoms with Crippen molar-refractivity contribution in [2.24, 2.45) is 17.6 Å². The molecular formula is C13H16ClN3O2. The van der Waals surface area contributed by atoms with Gasteiger partial charge >= 0.3 is 0 Å². The predicted octanol–water partition coefficient (Wildman–Crippen LogP) is 1.23. The highest BCUT2D eigenvalue weighted by atomic mass is 35.5. The number of amides is 2. The molecule has 0 aliphatic carbocycles. The molecule has 1 fully saturated rings. The lowest BCUT2D eigenvalue weighted by Crippen LogP contribution is -2.48. The fourth-order valence-corrected chi connectivity index (χ4v) is 2.06. The van der Waals surface area contributed by atoms with E-state index in [1.54, 1.807) is 6.07 Å². The minimum Gasteiger partial charge on any atom is -0.366 e. The summed E-state index contributed by atoms with van der Waals surface area (Å²) in [6.45, 7) is 3.58. The molecule has 0 bridgehead atoms. The Morgan fingerprint density at radius 1 is 1.47 bits per heavy atom. The molecule has 1 atom stereocenters. The van der Waals surface area contributed by atoms with Gasteiger partial charge in [0.1, 0.15) is 0 Å². The van der Waals surface area contributed by atoms with Crippen LogP contribution in [0.25, 0.3) is 0 Å².